The summed E-state index contributed by atoms with van der Waals surface area (Å²) in [5, 5.41) is 13.3. The second kappa shape index (κ2) is 16.4. The summed E-state index contributed by atoms with van der Waals surface area (Å²) < 4.78 is 31.2. The van der Waals surface area contributed by atoms with Gasteiger partial charge in [-0.25, -0.2) is 9.59 Å². The van der Waals surface area contributed by atoms with Crippen molar-refractivity contribution in [3.63, 3.8) is 0 Å². The standard InChI is InChI=1S/C26H34N2O10/c29-25(37-19-24-22-5-3-1-2-4-6-23(22)24)27-11-12-33-13-14-34-15-16-35-17-18-36-26(30)38-21-9-7-20(8-10-21)28(31)32/h7-10,22-24H,3-6,11-19H2,(H,27,29). The van der Waals surface area contributed by atoms with Gasteiger partial charge in [-0.05, 0) is 42.7 Å². The number of fused-ring (bicyclic) bond motifs is 1. The lowest BCUT2D eigenvalue weighted by Gasteiger charge is -2.09. The molecule has 2 unspecified atom stereocenters. The molecule has 1 fully saturated rings. The topological polar surface area (TPSA) is 145 Å². The first-order valence-corrected chi connectivity index (χ1v) is 12.7. The second-order valence-corrected chi connectivity index (χ2v) is 8.74. The molecular formula is C26H34N2O10. The number of hydrogen-bond donors (Lipinski definition) is 1. The molecule has 12 nitrogen and oxygen atoms in total. The highest BCUT2D eigenvalue weighted by Gasteiger charge is 2.49. The van der Waals surface area contributed by atoms with E-state index in [1.54, 1.807) is 0 Å². The Hall–Kier alpha value is -3.40. The van der Waals surface area contributed by atoms with Crippen LogP contribution < -0.4 is 10.1 Å². The van der Waals surface area contributed by atoms with Crippen LogP contribution in [-0.2, 0) is 23.7 Å². The molecule has 1 aromatic carbocycles. The quantitative estimate of drug-likeness (QED) is 0.0837. The summed E-state index contributed by atoms with van der Waals surface area (Å²) in [6.45, 7) is 2.74. The molecule has 1 N–H and O–H groups in total. The van der Waals surface area contributed by atoms with E-state index in [0.717, 1.165) is 25.7 Å². The average Bonchev–Trinajstić information content (AvgIpc) is 3.54. The summed E-state index contributed by atoms with van der Waals surface area (Å²) >= 11 is 0. The minimum absolute atomic E-state index is 0.0128. The summed E-state index contributed by atoms with van der Waals surface area (Å²) in [5.41, 5.74) is -0.106. The van der Waals surface area contributed by atoms with Crippen molar-refractivity contribution in [1.82, 2.24) is 5.32 Å². The predicted molar refractivity (Wildman–Crippen MR) is 134 cm³/mol. The molecule has 1 saturated carbocycles. The van der Waals surface area contributed by atoms with Crippen LogP contribution in [0.1, 0.15) is 25.7 Å². The van der Waals surface area contributed by atoms with E-state index >= 15 is 0 Å². The van der Waals surface area contributed by atoms with Gasteiger partial charge in [0.2, 0.25) is 0 Å². The number of nitrogens with zero attached hydrogens (tertiary/aromatic N) is 1. The summed E-state index contributed by atoms with van der Waals surface area (Å²) in [6.07, 6.45) is 2.75. The van der Waals surface area contributed by atoms with Crippen LogP contribution in [0.15, 0.2) is 24.3 Å². The SMILES string of the molecule is O=C(NCCOCCOCCOCCOC(=O)Oc1ccc([N+](=O)[O-])cc1)OCC1C2CCC#CCCC21. The van der Waals surface area contributed by atoms with Gasteiger partial charge in [-0.1, -0.05) is 0 Å². The highest BCUT2D eigenvalue weighted by atomic mass is 16.7. The number of hydrogen-bond acceptors (Lipinski definition) is 10. The zero-order chi connectivity index (χ0) is 27.0. The van der Waals surface area contributed by atoms with Crippen LogP contribution in [0, 0.1) is 39.7 Å². The summed E-state index contributed by atoms with van der Waals surface area (Å²) in [4.78, 5) is 33.5. The first kappa shape index (κ1) is 29.2. The molecule has 0 bridgehead atoms. The van der Waals surface area contributed by atoms with E-state index in [9.17, 15) is 19.7 Å². The van der Waals surface area contributed by atoms with Gasteiger partial charge in [0.15, 0.2) is 0 Å². The van der Waals surface area contributed by atoms with Crippen molar-refractivity contribution in [1.29, 1.82) is 0 Å². The maximum absolute atomic E-state index is 11.8. The van der Waals surface area contributed by atoms with Crippen molar-refractivity contribution in [2.45, 2.75) is 25.7 Å². The molecule has 0 aliphatic heterocycles. The molecule has 0 radical (unpaired) electrons. The molecule has 38 heavy (non-hydrogen) atoms. The molecule has 2 aliphatic carbocycles. The molecule has 12 heteroatoms. The van der Waals surface area contributed by atoms with Crippen LogP contribution in [0.25, 0.3) is 0 Å². The summed E-state index contributed by atoms with van der Waals surface area (Å²) in [6, 6.07) is 5.06. The van der Waals surface area contributed by atoms with Gasteiger partial charge >= 0.3 is 12.2 Å². The number of nitro groups is 1. The third kappa shape index (κ3) is 10.9. The number of non-ortho nitro benzene ring substituents is 1. The number of carbonyl (C=O) groups is 2. The average molecular weight is 535 g/mol. The Balaban J connectivity index is 1.05. The normalized spacial score (nSPS) is 19.5. The fourth-order valence-electron chi connectivity index (χ4n) is 4.22. The number of nitro benzene ring substituents is 1. The molecule has 0 spiro atoms. The van der Waals surface area contributed by atoms with Crippen molar-refractivity contribution < 1.29 is 42.9 Å². The van der Waals surface area contributed by atoms with Gasteiger partial charge in [-0.2, -0.15) is 0 Å². The van der Waals surface area contributed by atoms with Crippen molar-refractivity contribution >= 4 is 17.9 Å². The molecule has 208 valence electrons. The Morgan fingerprint density at radius 1 is 0.868 bits per heavy atom. The maximum atomic E-state index is 11.8. The lowest BCUT2D eigenvalue weighted by molar-refractivity contribution is -0.384. The van der Waals surface area contributed by atoms with Gasteiger partial charge in [-0.15, -0.1) is 11.8 Å². The van der Waals surface area contributed by atoms with Crippen LogP contribution in [0.3, 0.4) is 0 Å². The fourth-order valence-corrected chi connectivity index (χ4v) is 4.22. The Morgan fingerprint density at radius 3 is 2.05 bits per heavy atom. The number of benzene rings is 1. The largest absolute Gasteiger partial charge is 0.513 e. The zero-order valence-corrected chi connectivity index (χ0v) is 21.3. The van der Waals surface area contributed by atoms with E-state index in [2.05, 4.69) is 17.2 Å². The summed E-state index contributed by atoms with van der Waals surface area (Å²) in [7, 11) is 0. The number of nitrogens with one attached hydrogen (secondary N) is 1. The van der Waals surface area contributed by atoms with Crippen molar-refractivity contribution in [3.05, 3.63) is 34.4 Å². The van der Waals surface area contributed by atoms with Gasteiger partial charge < -0.3 is 33.7 Å². The lowest BCUT2D eigenvalue weighted by Crippen LogP contribution is -2.29. The Morgan fingerprint density at radius 2 is 1.45 bits per heavy atom. The van der Waals surface area contributed by atoms with Crippen molar-refractivity contribution in [2.24, 2.45) is 17.8 Å². The first-order chi connectivity index (χ1) is 18.5. The Labute approximate surface area is 221 Å². The van der Waals surface area contributed by atoms with Crippen molar-refractivity contribution in [3.8, 4) is 17.6 Å². The second-order valence-electron chi connectivity index (χ2n) is 8.74. The molecule has 0 saturated heterocycles. The number of alkyl carbamates (subject to hydrolysis) is 1. The highest BCUT2D eigenvalue weighted by Crippen LogP contribution is 2.52. The molecule has 1 aromatic rings. The molecule has 3 rings (SSSR count). The number of amides is 1. The minimum atomic E-state index is -0.930. The third-order valence-corrected chi connectivity index (χ3v) is 6.20. The summed E-state index contributed by atoms with van der Waals surface area (Å²) in [5.74, 6) is 8.27. The first-order valence-electron chi connectivity index (χ1n) is 12.7. The van der Waals surface area contributed by atoms with Crippen LogP contribution >= 0.6 is 0 Å². The van der Waals surface area contributed by atoms with E-state index in [-0.39, 0.29) is 24.7 Å². The Bertz CT molecular complexity index is 941. The van der Waals surface area contributed by atoms with Crippen molar-refractivity contribution in [2.75, 3.05) is 59.4 Å². The number of ether oxygens (including phenoxy) is 6. The molecule has 0 heterocycles. The van der Waals surface area contributed by atoms with Crippen LogP contribution in [0.2, 0.25) is 0 Å². The van der Waals surface area contributed by atoms with Crippen LogP contribution in [0.5, 0.6) is 5.75 Å². The van der Waals surface area contributed by atoms with E-state index in [1.807, 2.05) is 0 Å². The Kier molecular flexibility index (Phi) is 12.6. The fraction of sp³-hybridized carbons (Fsp3) is 0.615. The molecule has 2 atom stereocenters. The van der Waals surface area contributed by atoms with E-state index in [1.165, 1.54) is 24.3 Å². The monoisotopic (exact) mass is 534 g/mol. The molecular weight excluding hydrogens is 500 g/mol. The van der Waals surface area contributed by atoms with Gasteiger partial charge in [0, 0.05) is 31.5 Å². The van der Waals surface area contributed by atoms with E-state index in [4.69, 9.17) is 28.4 Å². The van der Waals surface area contributed by atoms with Gasteiger partial charge in [-0.3, -0.25) is 10.1 Å². The smallest absolute Gasteiger partial charge is 0.449 e. The minimum Gasteiger partial charge on any atom is -0.449 e. The van der Waals surface area contributed by atoms with Gasteiger partial charge in [0.25, 0.3) is 5.69 Å². The molecule has 1 amide bonds. The van der Waals surface area contributed by atoms with Crippen LogP contribution in [0.4, 0.5) is 15.3 Å². The zero-order valence-electron chi connectivity index (χ0n) is 21.3. The predicted octanol–water partition coefficient (Wildman–Crippen LogP) is 3.33. The number of rotatable bonds is 16. The third-order valence-electron chi connectivity index (χ3n) is 6.20. The van der Waals surface area contributed by atoms with Gasteiger partial charge in [0.1, 0.15) is 12.4 Å². The molecule has 0 aromatic heterocycles. The van der Waals surface area contributed by atoms with Gasteiger partial charge in [0.05, 0.1) is 51.2 Å². The van der Waals surface area contributed by atoms with E-state index < -0.39 is 17.2 Å². The number of carbonyl (C=O) groups excluding carboxylic acids is 2. The lowest BCUT2D eigenvalue weighted by atomic mass is 10.1. The molecule has 2 aliphatic rings. The maximum Gasteiger partial charge on any atom is 0.513 e. The van der Waals surface area contributed by atoms with E-state index in [0.29, 0.717) is 63.9 Å². The highest BCUT2D eigenvalue weighted by molar-refractivity contribution is 5.67. The van der Waals surface area contributed by atoms with Crippen LogP contribution in [-0.4, -0.2) is 76.6 Å².